The Labute approximate surface area is 114 Å². The number of nitrogens with one attached hydrogen (secondary N) is 1. The summed E-state index contributed by atoms with van der Waals surface area (Å²) in [4.78, 5) is 8.42. The van der Waals surface area contributed by atoms with Crippen molar-refractivity contribution in [2.75, 3.05) is 11.9 Å². The van der Waals surface area contributed by atoms with Gasteiger partial charge in [0.1, 0.15) is 17.3 Å². The molecule has 0 spiro atoms. The molecule has 1 saturated carbocycles. The van der Waals surface area contributed by atoms with Crippen molar-refractivity contribution in [3.8, 4) is 0 Å². The molecule has 0 radical (unpaired) electrons. The van der Waals surface area contributed by atoms with E-state index in [9.17, 15) is 0 Å². The van der Waals surface area contributed by atoms with Crippen LogP contribution >= 0.6 is 11.6 Å². The minimum Gasteiger partial charge on any atom is -0.369 e. The van der Waals surface area contributed by atoms with Gasteiger partial charge in [0.05, 0.1) is 0 Å². The summed E-state index contributed by atoms with van der Waals surface area (Å²) in [7, 11) is 0. The number of anilines is 1. The molecule has 1 aliphatic carbocycles. The quantitative estimate of drug-likeness (QED) is 0.811. The van der Waals surface area contributed by atoms with Gasteiger partial charge in [-0.25, -0.2) is 9.97 Å². The molecule has 4 heteroatoms. The fourth-order valence-corrected chi connectivity index (χ4v) is 2.98. The third kappa shape index (κ3) is 2.61. The number of hydrogen-bond donors (Lipinski definition) is 1. The first-order valence-electron chi connectivity index (χ1n) is 6.82. The molecule has 0 amide bonds. The maximum absolute atomic E-state index is 6.17. The van der Waals surface area contributed by atoms with Gasteiger partial charge >= 0.3 is 0 Å². The van der Waals surface area contributed by atoms with Crippen LogP contribution in [0.3, 0.4) is 0 Å². The van der Waals surface area contributed by atoms with Crippen LogP contribution < -0.4 is 5.32 Å². The molecular formula is C14H22ClN3. The Kier molecular flexibility index (Phi) is 4.10. The summed E-state index contributed by atoms with van der Waals surface area (Å²) >= 11 is 6.17. The smallest absolute Gasteiger partial charge is 0.138 e. The molecule has 3 nitrogen and oxygen atoms in total. The number of halogens is 1. The lowest BCUT2D eigenvalue weighted by atomic mass is 9.67. The van der Waals surface area contributed by atoms with Crippen LogP contribution in [0.25, 0.3) is 0 Å². The van der Waals surface area contributed by atoms with E-state index in [1.807, 2.05) is 0 Å². The molecule has 18 heavy (non-hydrogen) atoms. The Balaban J connectivity index is 2.11. The van der Waals surface area contributed by atoms with Gasteiger partial charge in [-0.15, -0.1) is 0 Å². The van der Waals surface area contributed by atoms with E-state index < -0.39 is 0 Å². The highest BCUT2D eigenvalue weighted by Crippen LogP contribution is 2.44. The van der Waals surface area contributed by atoms with Crippen molar-refractivity contribution in [2.24, 2.45) is 5.41 Å². The Morgan fingerprint density at radius 1 is 1.39 bits per heavy atom. The Hall–Kier alpha value is -0.830. The molecule has 1 fully saturated rings. The van der Waals surface area contributed by atoms with Crippen molar-refractivity contribution >= 4 is 17.4 Å². The molecule has 1 aromatic heterocycles. The summed E-state index contributed by atoms with van der Waals surface area (Å²) in [6.45, 7) is 7.51. The minimum absolute atomic E-state index is 0.333. The van der Waals surface area contributed by atoms with E-state index in [2.05, 4.69) is 36.1 Å². The van der Waals surface area contributed by atoms with Crippen LogP contribution in [0.4, 0.5) is 5.82 Å². The van der Waals surface area contributed by atoms with Crippen LogP contribution in [0.2, 0.25) is 5.15 Å². The number of nitrogens with zero attached hydrogens (tertiary/aromatic N) is 2. The van der Waals surface area contributed by atoms with Gasteiger partial charge in [-0.3, -0.25) is 0 Å². The molecular weight excluding hydrogens is 246 g/mol. The Morgan fingerprint density at radius 2 is 2.11 bits per heavy atom. The van der Waals surface area contributed by atoms with Gasteiger partial charge in [-0.2, -0.15) is 0 Å². The van der Waals surface area contributed by atoms with E-state index in [-0.39, 0.29) is 0 Å². The monoisotopic (exact) mass is 267 g/mol. The van der Waals surface area contributed by atoms with Crippen LogP contribution in [0.1, 0.15) is 57.9 Å². The minimum atomic E-state index is 0.333. The number of aromatic nitrogens is 2. The zero-order valence-electron chi connectivity index (χ0n) is 11.5. The molecule has 0 atom stereocenters. The normalized spacial score (nSPS) is 17.6. The highest BCUT2D eigenvalue weighted by molar-refractivity contribution is 6.30. The van der Waals surface area contributed by atoms with Gasteiger partial charge in [0.2, 0.25) is 0 Å². The predicted octanol–water partition coefficient (Wildman–Crippen LogP) is 4.25. The van der Waals surface area contributed by atoms with Crippen LogP contribution in [0.5, 0.6) is 0 Å². The Morgan fingerprint density at radius 3 is 2.61 bits per heavy atom. The summed E-state index contributed by atoms with van der Waals surface area (Å²) in [5.41, 5.74) is 1.51. The molecule has 0 bridgehead atoms. The van der Waals surface area contributed by atoms with Crippen molar-refractivity contribution in [3.63, 3.8) is 0 Å². The summed E-state index contributed by atoms with van der Waals surface area (Å²) < 4.78 is 0. The molecule has 1 heterocycles. The van der Waals surface area contributed by atoms with Crippen LogP contribution in [0, 0.1) is 5.41 Å². The molecule has 1 N–H and O–H groups in total. The van der Waals surface area contributed by atoms with E-state index in [1.54, 1.807) is 0 Å². The van der Waals surface area contributed by atoms with Crippen LogP contribution in [-0.2, 0) is 0 Å². The molecule has 1 aliphatic rings. The largest absolute Gasteiger partial charge is 0.369 e. The van der Waals surface area contributed by atoms with Crippen LogP contribution in [-0.4, -0.2) is 16.5 Å². The number of rotatable bonds is 5. The summed E-state index contributed by atoms with van der Waals surface area (Å²) in [5.74, 6) is 1.24. The van der Waals surface area contributed by atoms with Gasteiger partial charge in [0.25, 0.3) is 0 Å². The maximum atomic E-state index is 6.17. The summed E-state index contributed by atoms with van der Waals surface area (Å²) in [6, 6.07) is 0. The molecule has 100 valence electrons. The topological polar surface area (TPSA) is 37.8 Å². The average Bonchev–Trinajstić information content (AvgIpc) is 2.27. The van der Waals surface area contributed by atoms with E-state index >= 15 is 0 Å². The maximum Gasteiger partial charge on any atom is 0.138 e. The second-order valence-corrected chi connectivity index (χ2v) is 6.00. The third-order valence-corrected chi connectivity index (χ3v) is 4.51. The van der Waals surface area contributed by atoms with E-state index in [4.69, 9.17) is 11.6 Å². The first-order chi connectivity index (χ1) is 8.58. The van der Waals surface area contributed by atoms with E-state index in [0.29, 0.717) is 16.5 Å². The van der Waals surface area contributed by atoms with Gasteiger partial charge in [-0.05, 0) is 30.6 Å². The molecule has 1 aromatic rings. The van der Waals surface area contributed by atoms with E-state index in [0.717, 1.165) is 17.9 Å². The van der Waals surface area contributed by atoms with Gasteiger partial charge in [0.15, 0.2) is 0 Å². The lowest BCUT2D eigenvalue weighted by Crippen LogP contribution is -2.36. The average molecular weight is 268 g/mol. The molecule has 0 saturated heterocycles. The second kappa shape index (κ2) is 5.43. The number of hydrogen-bond acceptors (Lipinski definition) is 3. The lowest BCUT2D eigenvalue weighted by Gasteiger charge is -2.41. The third-order valence-electron chi connectivity index (χ3n) is 4.21. The van der Waals surface area contributed by atoms with Crippen molar-refractivity contribution in [1.29, 1.82) is 0 Å². The summed E-state index contributed by atoms with van der Waals surface area (Å²) in [6.07, 6.45) is 6.78. The molecule has 0 aromatic carbocycles. The first kappa shape index (κ1) is 13.6. The molecule has 0 aliphatic heterocycles. The fourth-order valence-electron chi connectivity index (χ4n) is 2.63. The highest BCUT2D eigenvalue weighted by atomic mass is 35.5. The molecule has 0 unspecified atom stereocenters. The zero-order chi connectivity index (χ0) is 13.2. The lowest BCUT2D eigenvalue weighted by molar-refractivity contribution is 0.145. The SMILES string of the molecule is CCC1(CNc2ncnc(Cl)c2C(C)C)CCC1. The molecule has 2 rings (SSSR count). The van der Waals surface area contributed by atoms with Crippen molar-refractivity contribution in [1.82, 2.24) is 9.97 Å². The highest BCUT2D eigenvalue weighted by Gasteiger charge is 2.35. The van der Waals surface area contributed by atoms with Crippen molar-refractivity contribution in [2.45, 2.75) is 52.4 Å². The van der Waals surface area contributed by atoms with E-state index in [1.165, 1.54) is 32.0 Å². The Bertz CT molecular complexity index is 408. The van der Waals surface area contributed by atoms with Gasteiger partial charge < -0.3 is 5.32 Å². The predicted molar refractivity (Wildman–Crippen MR) is 76.2 cm³/mol. The zero-order valence-corrected chi connectivity index (χ0v) is 12.2. The summed E-state index contributed by atoms with van der Waals surface area (Å²) in [5, 5.41) is 4.06. The second-order valence-electron chi connectivity index (χ2n) is 5.64. The van der Waals surface area contributed by atoms with Gasteiger partial charge in [-0.1, -0.05) is 38.8 Å². The van der Waals surface area contributed by atoms with Crippen LogP contribution in [0.15, 0.2) is 6.33 Å². The fraction of sp³-hybridized carbons (Fsp3) is 0.714. The van der Waals surface area contributed by atoms with Gasteiger partial charge in [0, 0.05) is 12.1 Å². The first-order valence-corrected chi connectivity index (χ1v) is 7.20. The van der Waals surface area contributed by atoms with Crippen molar-refractivity contribution in [3.05, 3.63) is 17.0 Å². The standard InChI is InChI=1S/C14H22ClN3/c1-4-14(6-5-7-14)8-16-13-11(10(2)3)12(15)17-9-18-13/h9-10H,4-8H2,1-3H3,(H,16,17,18). The van der Waals surface area contributed by atoms with Crippen molar-refractivity contribution < 1.29 is 0 Å².